The number of carbonyl (C=O) groups excluding carboxylic acids is 1. The number of halogens is 1. The zero-order valence-corrected chi connectivity index (χ0v) is 11.8. The second-order valence-electron chi connectivity index (χ2n) is 3.44. The monoisotopic (exact) mass is 311 g/mol. The average molecular weight is 312 g/mol. The molecule has 0 heterocycles. The van der Waals surface area contributed by atoms with E-state index in [1.54, 1.807) is 25.3 Å². The van der Waals surface area contributed by atoms with Crippen molar-refractivity contribution < 1.29 is 14.3 Å². The van der Waals surface area contributed by atoms with Gasteiger partial charge in [0.15, 0.2) is 0 Å². The summed E-state index contributed by atoms with van der Waals surface area (Å²) >= 11 is 3.37. The fourth-order valence-electron chi connectivity index (χ4n) is 1.48. The molecule has 0 aliphatic heterocycles. The standard InChI is InChI=1S/C13H14BrNO3/c1-4-7-15-12(13(16)18-3)9-5-6-11(17-2)10(14)8-9/h1,5-6,8,12,15H,7H2,2-3H3. The van der Waals surface area contributed by atoms with E-state index in [0.29, 0.717) is 5.75 Å². The van der Waals surface area contributed by atoms with Crippen LogP contribution in [0, 0.1) is 12.3 Å². The lowest BCUT2D eigenvalue weighted by atomic mass is 10.1. The summed E-state index contributed by atoms with van der Waals surface area (Å²) in [6.45, 7) is 0.281. The van der Waals surface area contributed by atoms with Gasteiger partial charge in [0, 0.05) is 0 Å². The summed E-state index contributed by atoms with van der Waals surface area (Å²) < 4.78 is 10.6. The van der Waals surface area contributed by atoms with E-state index in [9.17, 15) is 4.79 Å². The molecule has 0 radical (unpaired) electrons. The van der Waals surface area contributed by atoms with Gasteiger partial charge >= 0.3 is 5.97 Å². The molecule has 1 aromatic rings. The fourth-order valence-corrected chi connectivity index (χ4v) is 2.04. The molecule has 0 saturated heterocycles. The quantitative estimate of drug-likeness (QED) is 0.666. The summed E-state index contributed by atoms with van der Waals surface area (Å²) in [5, 5.41) is 2.93. The first-order valence-corrected chi connectivity index (χ1v) is 6.01. The van der Waals surface area contributed by atoms with Crippen LogP contribution < -0.4 is 10.1 Å². The van der Waals surface area contributed by atoms with Crippen molar-refractivity contribution in [3.63, 3.8) is 0 Å². The first-order chi connectivity index (χ1) is 8.63. The second-order valence-corrected chi connectivity index (χ2v) is 4.29. The summed E-state index contributed by atoms with van der Waals surface area (Å²) in [6, 6.07) is 4.76. The third-order valence-electron chi connectivity index (χ3n) is 2.35. The van der Waals surface area contributed by atoms with Gasteiger partial charge in [0.2, 0.25) is 0 Å². The molecule has 5 heteroatoms. The minimum absolute atomic E-state index is 0.281. The number of benzene rings is 1. The van der Waals surface area contributed by atoms with E-state index < -0.39 is 6.04 Å². The van der Waals surface area contributed by atoms with E-state index in [1.807, 2.05) is 0 Å². The normalized spacial score (nSPS) is 11.4. The zero-order valence-electron chi connectivity index (χ0n) is 10.2. The number of nitrogens with one attached hydrogen (secondary N) is 1. The first-order valence-electron chi connectivity index (χ1n) is 5.22. The highest BCUT2D eigenvalue weighted by molar-refractivity contribution is 9.10. The predicted molar refractivity (Wildman–Crippen MR) is 72.3 cm³/mol. The third-order valence-corrected chi connectivity index (χ3v) is 2.97. The van der Waals surface area contributed by atoms with E-state index in [2.05, 4.69) is 27.2 Å². The van der Waals surface area contributed by atoms with Crippen molar-refractivity contribution in [3.8, 4) is 18.1 Å². The molecule has 0 fully saturated rings. The van der Waals surface area contributed by atoms with Gasteiger partial charge in [0.1, 0.15) is 11.8 Å². The Labute approximate surface area is 115 Å². The largest absolute Gasteiger partial charge is 0.496 e. The molecule has 0 spiro atoms. The summed E-state index contributed by atoms with van der Waals surface area (Å²) in [6.07, 6.45) is 5.18. The fraction of sp³-hybridized carbons (Fsp3) is 0.308. The SMILES string of the molecule is C#CCNC(C(=O)OC)c1ccc(OC)c(Br)c1. The van der Waals surface area contributed by atoms with Crippen LogP contribution in [0.3, 0.4) is 0 Å². The Morgan fingerprint density at radius 1 is 1.56 bits per heavy atom. The molecule has 1 rings (SSSR count). The summed E-state index contributed by atoms with van der Waals surface area (Å²) in [5.74, 6) is 2.74. The molecule has 96 valence electrons. The van der Waals surface area contributed by atoms with E-state index in [4.69, 9.17) is 15.9 Å². The lowest BCUT2D eigenvalue weighted by Gasteiger charge is -2.16. The van der Waals surface area contributed by atoms with Crippen molar-refractivity contribution in [1.29, 1.82) is 0 Å². The highest BCUT2D eigenvalue weighted by Crippen LogP contribution is 2.28. The maximum atomic E-state index is 11.7. The van der Waals surface area contributed by atoms with E-state index in [0.717, 1.165) is 10.0 Å². The third kappa shape index (κ3) is 3.49. The number of hydrogen-bond donors (Lipinski definition) is 1. The molecule has 0 aromatic heterocycles. The molecule has 1 aromatic carbocycles. The zero-order chi connectivity index (χ0) is 13.5. The van der Waals surface area contributed by atoms with Gasteiger partial charge in [-0.25, -0.2) is 4.79 Å². The van der Waals surface area contributed by atoms with E-state index in [1.165, 1.54) is 7.11 Å². The molecule has 0 amide bonds. The summed E-state index contributed by atoms with van der Waals surface area (Å²) in [7, 11) is 2.92. The second kappa shape index (κ2) is 7.04. The van der Waals surface area contributed by atoms with Crippen molar-refractivity contribution in [2.24, 2.45) is 0 Å². The Hall–Kier alpha value is -1.51. The van der Waals surface area contributed by atoms with Crippen LogP contribution in [0.1, 0.15) is 11.6 Å². The number of rotatable bonds is 5. The first kappa shape index (κ1) is 14.6. The molecule has 0 bridgehead atoms. The molecule has 18 heavy (non-hydrogen) atoms. The molecule has 1 unspecified atom stereocenters. The number of ether oxygens (including phenoxy) is 2. The number of esters is 1. The number of methoxy groups -OCH3 is 2. The summed E-state index contributed by atoms with van der Waals surface area (Å²) in [5.41, 5.74) is 0.754. The summed E-state index contributed by atoms with van der Waals surface area (Å²) in [4.78, 5) is 11.7. The minimum atomic E-state index is -0.590. The Morgan fingerprint density at radius 3 is 2.78 bits per heavy atom. The highest BCUT2D eigenvalue weighted by Gasteiger charge is 2.21. The van der Waals surface area contributed by atoms with E-state index in [-0.39, 0.29) is 12.5 Å². The predicted octanol–water partition coefficient (Wildman–Crippen LogP) is 1.89. The molecule has 1 N–H and O–H groups in total. The molecule has 1 atom stereocenters. The van der Waals surface area contributed by atoms with Crippen molar-refractivity contribution in [2.45, 2.75) is 6.04 Å². The van der Waals surface area contributed by atoms with Crippen LogP contribution in [0.25, 0.3) is 0 Å². The van der Waals surface area contributed by atoms with Crippen molar-refractivity contribution in [1.82, 2.24) is 5.32 Å². The Morgan fingerprint density at radius 2 is 2.28 bits per heavy atom. The Bertz CT molecular complexity index is 468. The molecule has 4 nitrogen and oxygen atoms in total. The van der Waals surface area contributed by atoms with Gasteiger partial charge < -0.3 is 9.47 Å². The molecule has 0 aliphatic rings. The van der Waals surface area contributed by atoms with Crippen LogP contribution in [-0.2, 0) is 9.53 Å². The van der Waals surface area contributed by atoms with Gasteiger partial charge in [-0.1, -0.05) is 12.0 Å². The van der Waals surface area contributed by atoms with Crippen LogP contribution >= 0.6 is 15.9 Å². The van der Waals surface area contributed by atoms with Crippen LogP contribution in [0.5, 0.6) is 5.75 Å². The van der Waals surface area contributed by atoms with Gasteiger partial charge in [-0.15, -0.1) is 6.42 Å². The van der Waals surface area contributed by atoms with Crippen molar-refractivity contribution in [3.05, 3.63) is 28.2 Å². The van der Waals surface area contributed by atoms with Crippen molar-refractivity contribution in [2.75, 3.05) is 20.8 Å². The van der Waals surface area contributed by atoms with Crippen LogP contribution in [0.15, 0.2) is 22.7 Å². The molecule has 0 saturated carbocycles. The average Bonchev–Trinajstić information content (AvgIpc) is 2.39. The number of hydrogen-bond acceptors (Lipinski definition) is 4. The number of terminal acetylenes is 1. The van der Waals surface area contributed by atoms with Crippen molar-refractivity contribution >= 4 is 21.9 Å². The van der Waals surface area contributed by atoms with Gasteiger partial charge in [-0.05, 0) is 33.6 Å². The topological polar surface area (TPSA) is 47.6 Å². The van der Waals surface area contributed by atoms with E-state index >= 15 is 0 Å². The minimum Gasteiger partial charge on any atom is -0.496 e. The Kier molecular flexibility index (Phi) is 5.69. The van der Waals surface area contributed by atoms with Crippen LogP contribution in [-0.4, -0.2) is 26.7 Å². The molecular formula is C13H14BrNO3. The van der Waals surface area contributed by atoms with Gasteiger partial charge in [0.05, 0.1) is 25.2 Å². The van der Waals surface area contributed by atoms with Gasteiger partial charge in [-0.2, -0.15) is 0 Å². The molecule has 0 aliphatic carbocycles. The van der Waals surface area contributed by atoms with Gasteiger partial charge in [-0.3, -0.25) is 5.32 Å². The molecular weight excluding hydrogens is 298 g/mol. The number of carbonyl (C=O) groups is 1. The maximum Gasteiger partial charge on any atom is 0.327 e. The highest BCUT2D eigenvalue weighted by atomic mass is 79.9. The van der Waals surface area contributed by atoms with Crippen LogP contribution in [0.2, 0.25) is 0 Å². The van der Waals surface area contributed by atoms with Crippen LogP contribution in [0.4, 0.5) is 0 Å². The lowest BCUT2D eigenvalue weighted by Crippen LogP contribution is -2.29. The Balaban J connectivity index is 3.02. The lowest BCUT2D eigenvalue weighted by molar-refractivity contribution is -0.143. The van der Waals surface area contributed by atoms with Gasteiger partial charge in [0.25, 0.3) is 0 Å². The smallest absolute Gasteiger partial charge is 0.327 e. The maximum absolute atomic E-state index is 11.7.